The molecule has 0 N–H and O–H groups in total. The van der Waals surface area contributed by atoms with Crippen molar-refractivity contribution in [3.8, 4) is 0 Å². The van der Waals surface area contributed by atoms with Crippen LogP contribution in [0.25, 0.3) is 0 Å². The number of benzene rings is 1. The Hall–Kier alpha value is -1.71. The summed E-state index contributed by atoms with van der Waals surface area (Å²) in [6.45, 7) is 11.7. The number of hydrogen-bond acceptors (Lipinski definition) is 3. The zero-order valence-corrected chi connectivity index (χ0v) is 15.2. The van der Waals surface area contributed by atoms with E-state index in [4.69, 9.17) is 4.74 Å². The van der Waals surface area contributed by atoms with Gasteiger partial charge in [0.1, 0.15) is 0 Å². The summed E-state index contributed by atoms with van der Waals surface area (Å²) >= 11 is 0. The number of morpholine rings is 1. The van der Waals surface area contributed by atoms with E-state index in [9.17, 15) is 0 Å². The van der Waals surface area contributed by atoms with Crippen molar-refractivity contribution in [2.24, 2.45) is 5.41 Å². The Morgan fingerprint density at radius 2 is 1.83 bits per heavy atom. The van der Waals surface area contributed by atoms with Crippen molar-refractivity contribution in [2.45, 2.75) is 46.4 Å². The molecule has 2 aromatic rings. The van der Waals surface area contributed by atoms with Crippen molar-refractivity contribution >= 4 is 0 Å². The SMILES string of the molecule is Cc1ncccc1CN1C[C@@H](c2ccccc2)O[C@@H](C(C)(C)C)C1. The average molecular weight is 324 g/mol. The molecule has 1 saturated heterocycles. The molecule has 0 amide bonds. The maximum Gasteiger partial charge on any atom is 0.0956 e. The molecule has 128 valence electrons. The van der Waals surface area contributed by atoms with Crippen LogP contribution in [0.3, 0.4) is 0 Å². The molecule has 1 aromatic heterocycles. The van der Waals surface area contributed by atoms with E-state index in [0.717, 1.165) is 25.3 Å². The molecule has 2 atom stereocenters. The van der Waals surface area contributed by atoms with Gasteiger partial charge in [-0.15, -0.1) is 0 Å². The summed E-state index contributed by atoms with van der Waals surface area (Å²) in [7, 11) is 0. The van der Waals surface area contributed by atoms with Crippen LogP contribution in [0.15, 0.2) is 48.7 Å². The van der Waals surface area contributed by atoms with Gasteiger partial charge in [0, 0.05) is 31.5 Å². The highest BCUT2D eigenvalue weighted by atomic mass is 16.5. The van der Waals surface area contributed by atoms with E-state index in [1.807, 2.05) is 12.3 Å². The zero-order valence-electron chi connectivity index (χ0n) is 15.2. The zero-order chi connectivity index (χ0) is 17.2. The molecular weight excluding hydrogens is 296 g/mol. The number of aromatic nitrogens is 1. The van der Waals surface area contributed by atoms with Crippen LogP contribution in [0.4, 0.5) is 0 Å². The van der Waals surface area contributed by atoms with E-state index in [0.29, 0.717) is 0 Å². The van der Waals surface area contributed by atoms with E-state index >= 15 is 0 Å². The lowest BCUT2D eigenvalue weighted by atomic mass is 9.87. The maximum atomic E-state index is 6.48. The molecule has 1 aliphatic heterocycles. The third-order valence-electron chi connectivity index (χ3n) is 4.82. The van der Waals surface area contributed by atoms with E-state index in [1.54, 1.807) is 0 Å². The monoisotopic (exact) mass is 324 g/mol. The Morgan fingerprint density at radius 1 is 1.08 bits per heavy atom. The highest BCUT2D eigenvalue weighted by Crippen LogP contribution is 2.34. The molecule has 0 bridgehead atoms. The second-order valence-electron chi connectivity index (χ2n) is 7.83. The van der Waals surface area contributed by atoms with Crippen molar-refractivity contribution in [3.63, 3.8) is 0 Å². The van der Waals surface area contributed by atoms with Gasteiger partial charge in [0.2, 0.25) is 0 Å². The van der Waals surface area contributed by atoms with Crippen LogP contribution in [-0.4, -0.2) is 29.1 Å². The molecule has 0 unspecified atom stereocenters. The summed E-state index contributed by atoms with van der Waals surface area (Å²) in [6, 6.07) is 14.8. The highest BCUT2D eigenvalue weighted by Gasteiger charge is 2.35. The number of pyridine rings is 1. The quantitative estimate of drug-likeness (QED) is 0.838. The molecule has 3 rings (SSSR count). The first kappa shape index (κ1) is 17.1. The van der Waals surface area contributed by atoms with Gasteiger partial charge in [-0.2, -0.15) is 0 Å². The molecular formula is C21H28N2O. The van der Waals surface area contributed by atoms with Gasteiger partial charge in [0.25, 0.3) is 0 Å². The summed E-state index contributed by atoms with van der Waals surface area (Å²) in [5, 5.41) is 0. The fraction of sp³-hybridized carbons (Fsp3) is 0.476. The van der Waals surface area contributed by atoms with Crippen molar-refractivity contribution in [1.29, 1.82) is 0 Å². The highest BCUT2D eigenvalue weighted by molar-refractivity contribution is 5.20. The van der Waals surface area contributed by atoms with Crippen LogP contribution < -0.4 is 0 Å². The Morgan fingerprint density at radius 3 is 2.50 bits per heavy atom. The minimum atomic E-state index is 0.121. The van der Waals surface area contributed by atoms with Crippen molar-refractivity contribution in [3.05, 3.63) is 65.5 Å². The molecule has 3 nitrogen and oxygen atoms in total. The maximum absolute atomic E-state index is 6.48. The first-order valence-electron chi connectivity index (χ1n) is 8.77. The lowest BCUT2D eigenvalue weighted by Crippen LogP contribution is -2.48. The number of rotatable bonds is 3. The van der Waals surface area contributed by atoms with Crippen LogP contribution in [0.5, 0.6) is 0 Å². The molecule has 0 spiro atoms. The lowest BCUT2D eigenvalue weighted by Gasteiger charge is -2.43. The molecule has 1 aromatic carbocycles. The van der Waals surface area contributed by atoms with E-state index in [-0.39, 0.29) is 17.6 Å². The number of nitrogens with zero attached hydrogens (tertiary/aromatic N) is 2. The second-order valence-corrected chi connectivity index (χ2v) is 7.83. The predicted molar refractivity (Wildman–Crippen MR) is 97.8 cm³/mol. The van der Waals surface area contributed by atoms with Gasteiger partial charge in [-0.05, 0) is 29.5 Å². The van der Waals surface area contributed by atoms with E-state index in [1.165, 1.54) is 11.1 Å². The van der Waals surface area contributed by atoms with Gasteiger partial charge in [-0.1, -0.05) is 57.2 Å². The summed E-state index contributed by atoms with van der Waals surface area (Å²) in [5.41, 5.74) is 3.81. The third-order valence-corrected chi connectivity index (χ3v) is 4.82. The lowest BCUT2D eigenvalue weighted by molar-refractivity contribution is -0.131. The summed E-state index contributed by atoms with van der Waals surface area (Å²) in [4.78, 5) is 6.95. The van der Waals surface area contributed by atoms with Crippen molar-refractivity contribution < 1.29 is 4.74 Å². The van der Waals surface area contributed by atoms with Crippen LogP contribution in [0.1, 0.15) is 43.7 Å². The predicted octanol–water partition coefficient (Wildman–Crippen LogP) is 4.38. The minimum Gasteiger partial charge on any atom is -0.367 e. The fourth-order valence-corrected chi connectivity index (χ4v) is 3.21. The van der Waals surface area contributed by atoms with Crippen molar-refractivity contribution in [2.75, 3.05) is 13.1 Å². The number of hydrogen-bond donors (Lipinski definition) is 0. The smallest absolute Gasteiger partial charge is 0.0956 e. The first-order chi connectivity index (χ1) is 11.4. The summed E-state index contributed by atoms with van der Waals surface area (Å²) in [5.74, 6) is 0. The molecule has 1 fully saturated rings. The Bertz CT molecular complexity index is 663. The van der Waals surface area contributed by atoms with Crippen LogP contribution in [-0.2, 0) is 11.3 Å². The first-order valence-corrected chi connectivity index (χ1v) is 8.77. The normalized spacial score (nSPS) is 22.5. The summed E-state index contributed by atoms with van der Waals surface area (Å²) < 4.78 is 6.48. The van der Waals surface area contributed by atoms with Gasteiger partial charge >= 0.3 is 0 Å². The van der Waals surface area contributed by atoms with Crippen LogP contribution >= 0.6 is 0 Å². The number of aryl methyl sites for hydroxylation is 1. The minimum absolute atomic E-state index is 0.121. The van der Waals surface area contributed by atoms with E-state index < -0.39 is 0 Å². The van der Waals surface area contributed by atoms with Crippen LogP contribution in [0.2, 0.25) is 0 Å². The molecule has 24 heavy (non-hydrogen) atoms. The molecule has 0 aliphatic carbocycles. The Balaban J connectivity index is 1.82. The summed E-state index contributed by atoms with van der Waals surface area (Å²) in [6.07, 6.45) is 2.21. The van der Waals surface area contributed by atoms with Crippen LogP contribution in [0, 0.1) is 12.3 Å². The molecule has 0 radical (unpaired) electrons. The van der Waals surface area contributed by atoms with Gasteiger partial charge in [0.15, 0.2) is 0 Å². The van der Waals surface area contributed by atoms with E-state index in [2.05, 4.69) is 74.0 Å². The number of ether oxygens (including phenoxy) is 1. The van der Waals surface area contributed by atoms with Crippen molar-refractivity contribution in [1.82, 2.24) is 9.88 Å². The van der Waals surface area contributed by atoms with Gasteiger partial charge in [-0.3, -0.25) is 9.88 Å². The molecule has 0 saturated carbocycles. The Labute approximate surface area is 145 Å². The third kappa shape index (κ3) is 4.03. The molecule has 3 heteroatoms. The second kappa shape index (κ2) is 7.04. The van der Waals surface area contributed by atoms with Gasteiger partial charge in [-0.25, -0.2) is 0 Å². The van der Waals surface area contributed by atoms with Gasteiger partial charge < -0.3 is 4.74 Å². The van der Waals surface area contributed by atoms with Gasteiger partial charge in [0.05, 0.1) is 12.2 Å². The Kier molecular flexibility index (Phi) is 5.02. The average Bonchev–Trinajstić information content (AvgIpc) is 2.57. The topological polar surface area (TPSA) is 25.4 Å². The standard InChI is InChI=1S/C21H28N2O/c1-16-18(11-8-12-22-16)13-23-14-19(17-9-6-5-7-10-17)24-20(15-23)21(2,3)4/h5-12,19-20H,13-15H2,1-4H3/t19-,20+/m0/s1. The molecule has 2 heterocycles. The fourth-order valence-electron chi connectivity index (χ4n) is 3.21. The largest absolute Gasteiger partial charge is 0.367 e. The molecule has 1 aliphatic rings.